The molecule has 1 N–H and O–H groups in total. The predicted octanol–water partition coefficient (Wildman–Crippen LogP) is 3.04. The highest BCUT2D eigenvalue weighted by Gasteiger charge is 2.17. The van der Waals surface area contributed by atoms with E-state index in [1.165, 1.54) is 43.0 Å². The van der Waals surface area contributed by atoms with Gasteiger partial charge in [0, 0.05) is 18.3 Å². The first-order valence-corrected chi connectivity index (χ1v) is 6.79. The lowest BCUT2D eigenvalue weighted by molar-refractivity contribution is 0.658. The van der Waals surface area contributed by atoms with Crippen LogP contribution < -0.4 is 5.32 Å². The fourth-order valence-corrected chi connectivity index (χ4v) is 2.58. The van der Waals surface area contributed by atoms with Gasteiger partial charge in [0.05, 0.1) is 0 Å². The molecule has 0 aromatic rings. The number of amidine groups is 1. The molecule has 0 spiro atoms. The zero-order valence-electron chi connectivity index (χ0n) is 9.38. The minimum absolute atomic E-state index is 0.661. The third kappa shape index (κ3) is 4.36. The van der Waals surface area contributed by atoms with Crippen LogP contribution in [0.2, 0.25) is 0 Å². The first-order valence-electron chi connectivity index (χ1n) is 5.80. The van der Waals surface area contributed by atoms with Crippen LogP contribution in [0, 0.1) is 0 Å². The molecule has 0 bridgehead atoms. The maximum atomic E-state index is 4.56. The lowest BCUT2D eigenvalue weighted by Crippen LogP contribution is -2.25. The molecule has 0 amide bonds. The number of hydrogen-bond acceptors (Lipinski definition) is 2. The van der Waals surface area contributed by atoms with Crippen LogP contribution >= 0.6 is 11.8 Å². The fraction of sp³-hybridized carbons (Fsp3) is 0.909. The summed E-state index contributed by atoms with van der Waals surface area (Å²) in [6.07, 6.45) is 6.44. The van der Waals surface area contributed by atoms with E-state index in [1.807, 2.05) is 11.8 Å². The molecule has 1 aliphatic heterocycles. The number of nitrogens with zero attached hydrogens (tertiary/aromatic N) is 1. The molecular formula is C11H22N2S. The monoisotopic (exact) mass is 214 g/mol. The Labute approximate surface area is 92.0 Å². The Morgan fingerprint density at radius 3 is 2.86 bits per heavy atom. The zero-order valence-corrected chi connectivity index (χ0v) is 10.2. The van der Waals surface area contributed by atoms with Gasteiger partial charge in [0.25, 0.3) is 0 Å². The Morgan fingerprint density at radius 1 is 1.36 bits per heavy atom. The normalized spacial score (nSPS) is 24.1. The van der Waals surface area contributed by atoms with Gasteiger partial charge in [0.15, 0.2) is 5.17 Å². The van der Waals surface area contributed by atoms with E-state index in [9.17, 15) is 0 Å². The molecule has 1 rings (SSSR count). The number of thioether (sulfide) groups is 1. The van der Waals surface area contributed by atoms with Crippen molar-refractivity contribution in [3.63, 3.8) is 0 Å². The quantitative estimate of drug-likeness (QED) is 0.687. The zero-order chi connectivity index (χ0) is 10.2. The third-order valence-corrected chi connectivity index (χ3v) is 3.60. The van der Waals surface area contributed by atoms with Crippen LogP contribution in [0.15, 0.2) is 4.99 Å². The van der Waals surface area contributed by atoms with E-state index in [0.717, 1.165) is 6.54 Å². The Kier molecular flexibility index (Phi) is 6.08. The van der Waals surface area contributed by atoms with E-state index in [4.69, 9.17) is 0 Å². The highest BCUT2D eigenvalue weighted by Crippen LogP contribution is 2.15. The third-order valence-electron chi connectivity index (χ3n) is 2.51. The molecule has 1 unspecified atom stereocenters. The summed E-state index contributed by atoms with van der Waals surface area (Å²) in [4.78, 5) is 4.56. The van der Waals surface area contributed by atoms with Crippen LogP contribution in [0.4, 0.5) is 0 Å². The highest BCUT2D eigenvalue weighted by atomic mass is 32.2. The Morgan fingerprint density at radius 2 is 2.21 bits per heavy atom. The Bertz CT molecular complexity index is 180. The van der Waals surface area contributed by atoms with Crippen LogP contribution in [-0.4, -0.2) is 23.5 Å². The van der Waals surface area contributed by atoms with E-state index in [1.54, 1.807) is 0 Å². The fourth-order valence-electron chi connectivity index (χ4n) is 1.47. The summed E-state index contributed by atoms with van der Waals surface area (Å²) in [7, 11) is 0. The average Bonchev–Trinajstić information content (AvgIpc) is 2.65. The van der Waals surface area contributed by atoms with Gasteiger partial charge in [0.2, 0.25) is 0 Å². The van der Waals surface area contributed by atoms with E-state index >= 15 is 0 Å². The minimum atomic E-state index is 0.661. The summed E-state index contributed by atoms with van der Waals surface area (Å²) < 4.78 is 0. The summed E-state index contributed by atoms with van der Waals surface area (Å²) in [6, 6.07) is 0.661. The van der Waals surface area contributed by atoms with Crippen molar-refractivity contribution in [1.29, 1.82) is 0 Å². The van der Waals surface area contributed by atoms with E-state index < -0.39 is 0 Å². The molecule has 0 aromatic carbocycles. The van der Waals surface area contributed by atoms with Crippen molar-refractivity contribution >= 4 is 16.9 Å². The predicted molar refractivity (Wildman–Crippen MR) is 66.1 cm³/mol. The summed E-state index contributed by atoms with van der Waals surface area (Å²) in [5.74, 6) is 1.20. The van der Waals surface area contributed by atoms with Gasteiger partial charge in [0.1, 0.15) is 0 Å². The number of nitrogens with one attached hydrogen (secondary N) is 1. The molecule has 0 aromatic heterocycles. The van der Waals surface area contributed by atoms with Crippen molar-refractivity contribution in [2.24, 2.45) is 4.99 Å². The smallest absolute Gasteiger partial charge is 0.156 e. The molecule has 0 radical (unpaired) electrons. The number of hydrogen-bond donors (Lipinski definition) is 1. The van der Waals surface area contributed by atoms with Crippen LogP contribution in [0.1, 0.15) is 46.0 Å². The molecule has 3 heteroatoms. The minimum Gasteiger partial charge on any atom is -0.361 e. The molecule has 82 valence electrons. The Hall–Kier alpha value is -0.180. The summed E-state index contributed by atoms with van der Waals surface area (Å²) in [5, 5.41) is 4.62. The van der Waals surface area contributed by atoms with Crippen molar-refractivity contribution in [3.8, 4) is 0 Å². The van der Waals surface area contributed by atoms with Crippen molar-refractivity contribution in [1.82, 2.24) is 5.32 Å². The maximum Gasteiger partial charge on any atom is 0.156 e. The van der Waals surface area contributed by atoms with Crippen LogP contribution in [0.5, 0.6) is 0 Å². The summed E-state index contributed by atoms with van der Waals surface area (Å²) >= 11 is 1.88. The molecule has 1 fully saturated rings. The van der Waals surface area contributed by atoms with Crippen molar-refractivity contribution in [3.05, 3.63) is 0 Å². The van der Waals surface area contributed by atoms with Gasteiger partial charge >= 0.3 is 0 Å². The molecule has 0 aliphatic carbocycles. The second-order valence-corrected chi connectivity index (χ2v) is 4.82. The van der Waals surface area contributed by atoms with Crippen molar-refractivity contribution in [2.45, 2.75) is 52.0 Å². The molecule has 2 nitrogen and oxygen atoms in total. The Balaban J connectivity index is 2.07. The lowest BCUT2D eigenvalue weighted by atomic mass is 10.2. The topological polar surface area (TPSA) is 24.4 Å². The van der Waals surface area contributed by atoms with Gasteiger partial charge in [-0.1, -0.05) is 44.9 Å². The molecular weight excluding hydrogens is 192 g/mol. The van der Waals surface area contributed by atoms with Crippen molar-refractivity contribution in [2.75, 3.05) is 12.3 Å². The van der Waals surface area contributed by atoms with Gasteiger partial charge < -0.3 is 5.32 Å². The van der Waals surface area contributed by atoms with E-state index in [0.29, 0.717) is 6.04 Å². The lowest BCUT2D eigenvalue weighted by Gasteiger charge is -2.04. The molecule has 1 atom stereocenters. The molecule has 0 saturated carbocycles. The average molecular weight is 214 g/mol. The largest absolute Gasteiger partial charge is 0.361 e. The second-order valence-electron chi connectivity index (χ2n) is 3.81. The first kappa shape index (κ1) is 11.9. The SMILES string of the molecule is CCCCCCN=C1NC(CC)CS1. The van der Waals surface area contributed by atoms with E-state index in [-0.39, 0.29) is 0 Å². The number of aliphatic imine (C=N–C) groups is 1. The summed E-state index contributed by atoms with van der Waals surface area (Å²) in [6.45, 7) is 5.47. The van der Waals surface area contributed by atoms with Gasteiger partial charge in [-0.3, -0.25) is 4.99 Å². The van der Waals surface area contributed by atoms with Crippen LogP contribution in [0.3, 0.4) is 0 Å². The highest BCUT2D eigenvalue weighted by molar-refractivity contribution is 8.14. The molecule has 14 heavy (non-hydrogen) atoms. The standard InChI is InChI=1S/C11H22N2S/c1-3-5-6-7-8-12-11-13-10(4-2)9-14-11/h10H,3-9H2,1-2H3,(H,12,13). The maximum absolute atomic E-state index is 4.56. The number of rotatable bonds is 6. The van der Waals surface area contributed by atoms with Crippen LogP contribution in [0.25, 0.3) is 0 Å². The van der Waals surface area contributed by atoms with Crippen LogP contribution in [-0.2, 0) is 0 Å². The second kappa shape index (κ2) is 7.16. The van der Waals surface area contributed by atoms with E-state index in [2.05, 4.69) is 24.2 Å². The first-order chi connectivity index (χ1) is 6.86. The molecule has 1 heterocycles. The summed E-state index contributed by atoms with van der Waals surface area (Å²) in [5.41, 5.74) is 0. The number of unbranched alkanes of at least 4 members (excludes halogenated alkanes) is 3. The van der Waals surface area contributed by atoms with Gasteiger partial charge in [-0.25, -0.2) is 0 Å². The van der Waals surface area contributed by atoms with Gasteiger partial charge in [-0.2, -0.15) is 0 Å². The molecule has 1 saturated heterocycles. The molecule has 1 aliphatic rings. The van der Waals surface area contributed by atoms with Crippen molar-refractivity contribution < 1.29 is 0 Å². The van der Waals surface area contributed by atoms with Gasteiger partial charge in [-0.15, -0.1) is 0 Å². The van der Waals surface area contributed by atoms with Gasteiger partial charge in [-0.05, 0) is 12.8 Å².